The zero-order chi connectivity index (χ0) is 16.8. The van der Waals surface area contributed by atoms with E-state index >= 15 is 0 Å². The van der Waals surface area contributed by atoms with E-state index in [9.17, 15) is 4.79 Å². The second kappa shape index (κ2) is 8.45. The molecule has 130 valence electrons. The topological polar surface area (TPSA) is 32.8 Å². The summed E-state index contributed by atoms with van der Waals surface area (Å²) in [6.45, 7) is 7.68. The molecular weight excluding hydrogens is 300 g/mol. The highest BCUT2D eigenvalue weighted by atomic mass is 16.5. The van der Waals surface area contributed by atoms with Crippen molar-refractivity contribution in [1.29, 1.82) is 0 Å². The molecule has 0 bridgehead atoms. The Bertz CT molecular complexity index is 571. The Hall–Kier alpha value is -1.65. The van der Waals surface area contributed by atoms with Crippen LogP contribution >= 0.6 is 0 Å². The summed E-state index contributed by atoms with van der Waals surface area (Å²) in [5.74, 6) is 0.857. The number of aryl methyl sites for hydroxylation is 1. The van der Waals surface area contributed by atoms with Gasteiger partial charge in [0, 0.05) is 26.2 Å². The molecule has 4 heteroatoms. The summed E-state index contributed by atoms with van der Waals surface area (Å²) < 4.78 is 5.34. The van der Waals surface area contributed by atoms with Gasteiger partial charge in [-0.15, -0.1) is 0 Å². The van der Waals surface area contributed by atoms with Crippen molar-refractivity contribution >= 4 is 12.0 Å². The summed E-state index contributed by atoms with van der Waals surface area (Å²) in [7, 11) is 0. The lowest BCUT2D eigenvalue weighted by Gasteiger charge is -2.33. The van der Waals surface area contributed by atoms with Crippen molar-refractivity contribution in [3.8, 4) is 0 Å². The third-order valence-electron chi connectivity index (χ3n) is 4.96. The Labute approximate surface area is 145 Å². The summed E-state index contributed by atoms with van der Waals surface area (Å²) in [5.41, 5.74) is 2.56. The summed E-state index contributed by atoms with van der Waals surface area (Å²) in [6, 6.07) is 8.57. The number of likely N-dealkylation sites (tertiary alicyclic amines) is 1. The van der Waals surface area contributed by atoms with Crippen LogP contribution in [0.2, 0.25) is 0 Å². The van der Waals surface area contributed by atoms with Gasteiger partial charge in [0.05, 0.1) is 19.8 Å². The summed E-state index contributed by atoms with van der Waals surface area (Å²) in [6.07, 6.45) is 6.68. The van der Waals surface area contributed by atoms with Crippen LogP contribution in [0.5, 0.6) is 0 Å². The summed E-state index contributed by atoms with van der Waals surface area (Å²) in [4.78, 5) is 16.7. The van der Waals surface area contributed by atoms with Gasteiger partial charge in [-0.25, -0.2) is 0 Å². The van der Waals surface area contributed by atoms with E-state index in [4.69, 9.17) is 4.74 Å². The molecule has 2 fully saturated rings. The number of amides is 1. The molecule has 1 aromatic carbocycles. The van der Waals surface area contributed by atoms with Crippen LogP contribution < -0.4 is 0 Å². The van der Waals surface area contributed by atoms with Crippen LogP contribution in [-0.4, -0.2) is 61.6 Å². The number of ether oxygens (including phenoxy) is 1. The van der Waals surface area contributed by atoms with Gasteiger partial charge in [-0.1, -0.05) is 42.0 Å². The van der Waals surface area contributed by atoms with Gasteiger partial charge in [-0.05, 0) is 31.2 Å². The van der Waals surface area contributed by atoms with Crippen LogP contribution in [0, 0.1) is 12.8 Å². The number of piperidine rings is 1. The molecule has 3 rings (SSSR count). The molecule has 0 radical (unpaired) electrons. The highest BCUT2D eigenvalue weighted by molar-refractivity contribution is 5.78. The number of carbonyl (C=O) groups is 1. The predicted octanol–water partition coefficient (Wildman–Crippen LogP) is 2.58. The van der Waals surface area contributed by atoms with Gasteiger partial charge >= 0.3 is 0 Å². The molecule has 4 nitrogen and oxygen atoms in total. The van der Waals surface area contributed by atoms with Crippen LogP contribution in [0.15, 0.2) is 30.3 Å². The van der Waals surface area contributed by atoms with Crippen molar-refractivity contribution in [3.63, 3.8) is 0 Å². The minimum absolute atomic E-state index is 0.276. The first-order valence-corrected chi connectivity index (χ1v) is 9.03. The molecule has 2 aliphatic rings. The Balaban J connectivity index is 1.44. The fourth-order valence-corrected chi connectivity index (χ4v) is 3.41. The molecule has 0 unspecified atom stereocenters. The average molecular weight is 328 g/mol. The predicted molar refractivity (Wildman–Crippen MR) is 96.8 cm³/mol. The van der Waals surface area contributed by atoms with Crippen LogP contribution in [0.1, 0.15) is 24.0 Å². The molecule has 1 amide bonds. The highest BCUT2D eigenvalue weighted by Crippen LogP contribution is 2.20. The van der Waals surface area contributed by atoms with E-state index < -0.39 is 0 Å². The van der Waals surface area contributed by atoms with E-state index in [-0.39, 0.29) is 5.91 Å². The van der Waals surface area contributed by atoms with Gasteiger partial charge in [-0.2, -0.15) is 0 Å². The maximum absolute atomic E-state index is 12.4. The van der Waals surface area contributed by atoms with Gasteiger partial charge < -0.3 is 9.64 Å². The Morgan fingerprint density at radius 2 is 1.96 bits per heavy atom. The Morgan fingerprint density at radius 3 is 2.67 bits per heavy atom. The normalized spacial score (nSPS) is 20.6. The molecule has 0 N–H and O–H groups in total. The number of carbonyl (C=O) groups excluding carboxylic acids is 1. The van der Waals surface area contributed by atoms with Crippen molar-refractivity contribution in [3.05, 3.63) is 41.5 Å². The summed E-state index contributed by atoms with van der Waals surface area (Å²) >= 11 is 0. The lowest BCUT2D eigenvalue weighted by Crippen LogP contribution is -2.46. The second-order valence-electron chi connectivity index (χ2n) is 6.88. The maximum atomic E-state index is 12.4. The number of nitrogens with zero attached hydrogens (tertiary/aromatic N) is 2. The molecule has 0 aromatic heterocycles. The van der Waals surface area contributed by atoms with Crippen molar-refractivity contribution in [2.75, 3.05) is 45.9 Å². The van der Waals surface area contributed by atoms with Crippen molar-refractivity contribution in [1.82, 2.24) is 9.80 Å². The second-order valence-corrected chi connectivity index (χ2v) is 6.88. The van der Waals surface area contributed by atoms with E-state index in [1.807, 2.05) is 4.90 Å². The number of allylic oxidation sites excluding steroid dienone is 1. The van der Waals surface area contributed by atoms with Gasteiger partial charge in [0.1, 0.15) is 0 Å². The van der Waals surface area contributed by atoms with Crippen molar-refractivity contribution in [2.45, 2.75) is 19.8 Å². The van der Waals surface area contributed by atoms with Gasteiger partial charge in [0.15, 0.2) is 0 Å². The Morgan fingerprint density at radius 1 is 1.21 bits per heavy atom. The standard InChI is InChI=1S/C20H28N2O2/c1-17-3-2-4-19(15-17)6-5-18-7-9-22(10-8-18)20(23)16-21-11-13-24-14-12-21/h2-6,15,18H,7-14,16H2,1H3/b6-5+. The zero-order valence-electron chi connectivity index (χ0n) is 14.6. The molecule has 2 aliphatic heterocycles. The van der Waals surface area contributed by atoms with Crippen molar-refractivity contribution < 1.29 is 9.53 Å². The molecule has 2 heterocycles. The third-order valence-corrected chi connectivity index (χ3v) is 4.96. The monoisotopic (exact) mass is 328 g/mol. The van der Waals surface area contributed by atoms with Crippen LogP contribution in [0.3, 0.4) is 0 Å². The molecule has 0 saturated carbocycles. The van der Waals surface area contributed by atoms with Crippen LogP contribution in [0.25, 0.3) is 6.08 Å². The molecule has 0 spiro atoms. The van der Waals surface area contributed by atoms with E-state index in [1.54, 1.807) is 0 Å². The molecular formula is C20H28N2O2. The highest BCUT2D eigenvalue weighted by Gasteiger charge is 2.23. The van der Waals surface area contributed by atoms with E-state index in [1.165, 1.54) is 11.1 Å². The first-order chi connectivity index (χ1) is 11.7. The number of benzene rings is 1. The quantitative estimate of drug-likeness (QED) is 0.852. The zero-order valence-corrected chi connectivity index (χ0v) is 14.6. The third kappa shape index (κ3) is 4.92. The van der Waals surface area contributed by atoms with Gasteiger partial charge in [0.25, 0.3) is 0 Å². The average Bonchev–Trinajstić information content (AvgIpc) is 2.61. The molecule has 24 heavy (non-hydrogen) atoms. The van der Waals surface area contributed by atoms with E-state index in [0.717, 1.165) is 52.2 Å². The fourth-order valence-electron chi connectivity index (χ4n) is 3.41. The minimum Gasteiger partial charge on any atom is -0.379 e. The van der Waals surface area contributed by atoms with Crippen LogP contribution in [-0.2, 0) is 9.53 Å². The number of hydrogen-bond acceptors (Lipinski definition) is 3. The van der Waals surface area contributed by atoms with E-state index in [0.29, 0.717) is 12.5 Å². The lowest BCUT2D eigenvalue weighted by atomic mass is 9.95. The first kappa shape index (κ1) is 17.2. The summed E-state index contributed by atoms with van der Waals surface area (Å²) in [5, 5.41) is 0. The number of morpholine rings is 1. The van der Waals surface area contributed by atoms with Gasteiger partial charge in [0.2, 0.25) is 5.91 Å². The molecule has 2 saturated heterocycles. The number of hydrogen-bond donors (Lipinski definition) is 0. The van der Waals surface area contributed by atoms with Gasteiger partial charge in [-0.3, -0.25) is 9.69 Å². The fraction of sp³-hybridized carbons (Fsp3) is 0.550. The SMILES string of the molecule is Cc1cccc(/C=C/C2CCN(C(=O)CN3CCOCC3)CC2)c1. The first-order valence-electron chi connectivity index (χ1n) is 9.03. The largest absolute Gasteiger partial charge is 0.379 e. The molecule has 0 atom stereocenters. The Kier molecular flexibility index (Phi) is 6.05. The smallest absolute Gasteiger partial charge is 0.236 e. The lowest BCUT2D eigenvalue weighted by molar-refractivity contribution is -0.134. The number of rotatable bonds is 4. The minimum atomic E-state index is 0.276. The molecule has 0 aliphatic carbocycles. The molecule has 1 aromatic rings. The van der Waals surface area contributed by atoms with Crippen molar-refractivity contribution in [2.24, 2.45) is 5.92 Å². The van der Waals surface area contributed by atoms with E-state index in [2.05, 4.69) is 48.2 Å². The maximum Gasteiger partial charge on any atom is 0.236 e. The van der Waals surface area contributed by atoms with Crippen LogP contribution in [0.4, 0.5) is 0 Å².